The van der Waals surface area contributed by atoms with Gasteiger partial charge in [-0.3, -0.25) is 9.48 Å². The van der Waals surface area contributed by atoms with Gasteiger partial charge in [-0.15, -0.1) is 0 Å². The Morgan fingerprint density at radius 3 is 2.79 bits per heavy atom. The summed E-state index contributed by atoms with van der Waals surface area (Å²) >= 11 is 0. The molecule has 7 heteroatoms. The molecule has 0 atom stereocenters. The predicted molar refractivity (Wildman–Crippen MR) is 98.9 cm³/mol. The maximum absolute atomic E-state index is 13.7. The lowest BCUT2D eigenvalue weighted by Gasteiger charge is -2.27. The largest absolute Gasteiger partial charge is 0.487 e. The van der Waals surface area contributed by atoms with Crippen LogP contribution in [0.15, 0.2) is 54.6 Å². The lowest BCUT2D eigenvalue weighted by Crippen LogP contribution is -2.38. The van der Waals surface area contributed by atoms with Gasteiger partial charge in [0.2, 0.25) is 0 Å². The predicted octanol–water partition coefficient (Wildman–Crippen LogP) is 3.13. The van der Waals surface area contributed by atoms with Crippen molar-refractivity contribution in [2.24, 2.45) is 0 Å². The van der Waals surface area contributed by atoms with Gasteiger partial charge in [-0.1, -0.05) is 18.2 Å². The van der Waals surface area contributed by atoms with Crippen LogP contribution in [0.1, 0.15) is 27.3 Å². The first kappa shape index (κ1) is 17.7. The average Bonchev–Trinajstić information content (AvgIpc) is 3.14. The standard InChI is InChI=1S/C21H17FN4O2/c22-17-9-15(12-23)8-16(10-17)21(27)25-6-7-26-19(13-25)11-18(24-26)14-28-20-4-2-1-3-5-20/h1-5,8-11H,6-7,13-14H2. The van der Waals surface area contributed by atoms with Gasteiger partial charge in [0.15, 0.2) is 0 Å². The molecule has 0 radical (unpaired) electrons. The first-order valence-electron chi connectivity index (χ1n) is 8.86. The van der Waals surface area contributed by atoms with Crippen LogP contribution in [0.2, 0.25) is 0 Å². The highest BCUT2D eigenvalue weighted by atomic mass is 19.1. The monoisotopic (exact) mass is 376 g/mol. The fraction of sp³-hybridized carbons (Fsp3) is 0.190. The highest BCUT2D eigenvalue weighted by Crippen LogP contribution is 2.19. The molecule has 0 fully saturated rings. The number of rotatable bonds is 4. The molecule has 0 aliphatic carbocycles. The smallest absolute Gasteiger partial charge is 0.254 e. The highest BCUT2D eigenvalue weighted by Gasteiger charge is 2.24. The van der Waals surface area contributed by atoms with Crippen molar-refractivity contribution < 1.29 is 13.9 Å². The molecular formula is C21H17FN4O2. The van der Waals surface area contributed by atoms with Crippen LogP contribution in [0.4, 0.5) is 4.39 Å². The molecule has 3 aromatic rings. The maximum Gasteiger partial charge on any atom is 0.254 e. The summed E-state index contributed by atoms with van der Waals surface area (Å²) in [5, 5.41) is 13.5. The molecule has 0 saturated carbocycles. The zero-order valence-corrected chi connectivity index (χ0v) is 15.0. The van der Waals surface area contributed by atoms with E-state index in [0.717, 1.165) is 29.3 Å². The van der Waals surface area contributed by atoms with Crippen LogP contribution < -0.4 is 4.74 Å². The van der Waals surface area contributed by atoms with Crippen LogP contribution in [0.5, 0.6) is 5.75 Å². The number of para-hydroxylation sites is 1. The number of halogens is 1. The molecule has 0 saturated heterocycles. The Labute approximate surface area is 161 Å². The molecule has 2 aromatic carbocycles. The minimum absolute atomic E-state index is 0.130. The molecule has 2 heterocycles. The Morgan fingerprint density at radius 2 is 2.00 bits per heavy atom. The van der Waals surface area contributed by atoms with Crippen LogP contribution in [-0.4, -0.2) is 27.1 Å². The van der Waals surface area contributed by atoms with Gasteiger partial charge in [-0.05, 0) is 36.4 Å². The molecule has 140 valence electrons. The fourth-order valence-electron chi connectivity index (χ4n) is 3.20. The Morgan fingerprint density at radius 1 is 1.18 bits per heavy atom. The van der Waals surface area contributed by atoms with E-state index in [-0.39, 0.29) is 17.0 Å². The Hall–Kier alpha value is -3.66. The number of amides is 1. The van der Waals surface area contributed by atoms with E-state index in [9.17, 15) is 9.18 Å². The Bertz CT molecular complexity index is 1060. The van der Waals surface area contributed by atoms with E-state index in [0.29, 0.717) is 26.2 Å². The van der Waals surface area contributed by atoms with E-state index < -0.39 is 5.82 Å². The third-order valence-electron chi connectivity index (χ3n) is 4.54. The number of fused-ring (bicyclic) bond motifs is 1. The number of hydrogen-bond donors (Lipinski definition) is 0. The van der Waals surface area contributed by atoms with Gasteiger partial charge in [0.25, 0.3) is 5.91 Å². The van der Waals surface area contributed by atoms with Crippen LogP contribution >= 0.6 is 0 Å². The first-order valence-corrected chi connectivity index (χ1v) is 8.86. The minimum atomic E-state index is -0.593. The zero-order valence-electron chi connectivity index (χ0n) is 15.0. The quantitative estimate of drug-likeness (QED) is 0.701. The number of aromatic nitrogens is 2. The Balaban J connectivity index is 1.46. The van der Waals surface area contributed by atoms with E-state index in [1.165, 1.54) is 6.07 Å². The average molecular weight is 376 g/mol. The summed E-state index contributed by atoms with van der Waals surface area (Å²) < 4.78 is 21.2. The van der Waals surface area contributed by atoms with Crippen molar-refractivity contribution in [2.75, 3.05) is 6.54 Å². The summed E-state index contributed by atoms with van der Waals surface area (Å²) in [4.78, 5) is 14.4. The lowest BCUT2D eigenvalue weighted by atomic mass is 10.1. The van der Waals surface area contributed by atoms with Gasteiger partial charge in [-0.2, -0.15) is 10.4 Å². The van der Waals surface area contributed by atoms with E-state index >= 15 is 0 Å². The summed E-state index contributed by atoms with van der Waals surface area (Å²) in [5.74, 6) is -0.125. The summed E-state index contributed by atoms with van der Waals surface area (Å²) in [6, 6.07) is 17.0. The third kappa shape index (κ3) is 3.71. The molecule has 6 nitrogen and oxygen atoms in total. The number of carbonyl (C=O) groups excluding carboxylic acids is 1. The van der Waals surface area contributed by atoms with Crippen LogP contribution in [0.3, 0.4) is 0 Å². The van der Waals surface area contributed by atoms with Gasteiger partial charge < -0.3 is 9.64 Å². The van der Waals surface area contributed by atoms with Crippen molar-refractivity contribution >= 4 is 5.91 Å². The van der Waals surface area contributed by atoms with E-state index in [4.69, 9.17) is 10.00 Å². The molecule has 0 bridgehead atoms. The molecule has 0 unspecified atom stereocenters. The van der Waals surface area contributed by atoms with Crippen LogP contribution in [-0.2, 0) is 19.7 Å². The molecule has 1 aliphatic rings. The van der Waals surface area contributed by atoms with Crippen LogP contribution in [0, 0.1) is 17.1 Å². The second kappa shape index (κ2) is 7.53. The zero-order chi connectivity index (χ0) is 19.5. The van der Waals surface area contributed by atoms with Crippen LogP contribution in [0.25, 0.3) is 0 Å². The number of carbonyl (C=O) groups is 1. The molecule has 1 aliphatic heterocycles. The molecule has 28 heavy (non-hydrogen) atoms. The van der Waals surface area contributed by atoms with Gasteiger partial charge in [0.05, 0.1) is 30.4 Å². The number of hydrogen-bond acceptors (Lipinski definition) is 4. The van der Waals surface area contributed by atoms with E-state index in [1.54, 1.807) is 4.90 Å². The van der Waals surface area contributed by atoms with Gasteiger partial charge in [0.1, 0.15) is 23.9 Å². The van der Waals surface area contributed by atoms with Gasteiger partial charge in [0, 0.05) is 12.1 Å². The van der Waals surface area contributed by atoms with Crippen molar-refractivity contribution in [1.29, 1.82) is 5.26 Å². The number of benzene rings is 2. The summed E-state index contributed by atoms with van der Waals surface area (Å²) in [5.41, 5.74) is 1.98. The van der Waals surface area contributed by atoms with Gasteiger partial charge >= 0.3 is 0 Å². The van der Waals surface area contributed by atoms with E-state index in [2.05, 4.69) is 5.10 Å². The second-order valence-corrected chi connectivity index (χ2v) is 6.52. The molecule has 4 rings (SSSR count). The third-order valence-corrected chi connectivity index (χ3v) is 4.54. The topological polar surface area (TPSA) is 71.2 Å². The normalized spacial score (nSPS) is 12.9. The summed E-state index contributed by atoms with van der Waals surface area (Å²) in [7, 11) is 0. The van der Waals surface area contributed by atoms with Crippen molar-refractivity contribution in [3.05, 3.63) is 82.9 Å². The highest BCUT2D eigenvalue weighted by molar-refractivity contribution is 5.94. The molecule has 0 spiro atoms. The van der Waals surface area contributed by atoms with Gasteiger partial charge in [-0.25, -0.2) is 4.39 Å². The molecule has 0 N–H and O–H groups in total. The first-order chi connectivity index (χ1) is 13.6. The van der Waals surface area contributed by atoms with E-state index in [1.807, 2.05) is 47.1 Å². The van der Waals surface area contributed by atoms with Crippen molar-refractivity contribution in [3.63, 3.8) is 0 Å². The second-order valence-electron chi connectivity index (χ2n) is 6.52. The SMILES string of the molecule is N#Cc1cc(F)cc(C(=O)N2CCn3nc(COc4ccccc4)cc3C2)c1. The maximum atomic E-state index is 13.7. The lowest BCUT2D eigenvalue weighted by molar-refractivity contribution is 0.0705. The number of nitrogens with zero attached hydrogens (tertiary/aromatic N) is 4. The number of nitriles is 1. The molecule has 1 aromatic heterocycles. The Kier molecular flexibility index (Phi) is 4.77. The fourth-order valence-corrected chi connectivity index (χ4v) is 3.20. The molecule has 1 amide bonds. The number of ether oxygens (including phenoxy) is 1. The molecular weight excluding hydrogens is 359 g/mol. The summed E-state index contributed by atoms with van der Waals surface area (Å²) in [6.07, 6.45) is 0. The van der Waals surface area contributed by atoms with Crippen molar-refractivity contribution in [1.82, 2.24) is 14.7 Å². The van der Waals surface area contributed by atoms with Crippen molar-refractivity contribution in [3.8, 4) is 11.8 Å². The minimum Gasteiger partial charge on any atom is -0.487 e. The summed E-state index contributed by atoms with van der Waals surface area (Å²) in [6.45, 7) is 1.72. The van der Waals surface area contributed by atoms with Crippen molar-refractivity contribution in [2.45, 2.75) is 19.7 Å².